The largest absolute Gasteiger partial charge is 0.494 e. The van der Waals surface area contributed by atoms with Crippen LogP contribution in [-0.2, 0) is 0 Å². The van der Waals surface area contributed by atoms with Crippen molar-refractivity contribution in [3.05, 3.63) is 59.9 Å². The van der Waals surface area contributed by atoms with Gasteiger partial charge in [-0.05, 0) is 48.4 Å². The zero-order valence-corrected chi connectivity index (χ0v) is 15.2. The molecule has 0 bridgehead atoms. The molecule has 5 nitrogen and oxygen atoms in total. The molecular weight excluding hydrogens is 326 g/mol. The van der Waals surface area contributed by atoms with Gasteiger partial charge in [0.1, 0.15) is 5.75 Å². The van der Waals surface area contributed by atoms with E-state index in [1.807, 2.05) is 24.3 Å². The fourth-order valence-corrected chi connectivity index (χ4v) is 2.91. The van der Waals surface area contributed by atoms with E-state index in [-0.39, 0.29) is 5.91 Å². The van der Waals surface area contributed by atoms with Gasteiger partial charge in [-0.2, -0.15) is 5.10 Å². The molecule has 0 atom stereocenters. The number of hydrogen-bond donors (Lipinski definition) is 0. The van der Waals surface area contributed by atoms with Crippen LogP contribution in [0.4, 0.5) is 0 Å². The molecule has 0 spiro atoms. The molecule has 3 rings (SSSR count). The Kier molecular flexibility index (Phi) is 6.36. The molecule has 136 valence electrons. The number of unbranched alkanes of at least 4 members (excludes halogenated alkanes) is 3. The highest BCUT2D eigenvalue weighted by Crippen LogP contribution is 2.19. The zero-order valence-electron chi connectivity index (χ0n) is 15.2. The SMILES string of the molecule is CCCCCCOc1ccc(C2=NN(C(=O)c3cccnc3)CC2)cc1. The number of rotatable bonds is 8. The monoisotopic (exact) mass is 351 g/mol. The quantitative estimate of drug-likeness (QED) is 0.667. The van der Waals surface area contributed by atoms with Gasteiger partial charge in [0.2, 0.25) is 0 Å². The lowest BCUT2D eigenvalue weighted by atomic mass is 10.1. The van der Waals surface area contributed by atoms with E-state index < -0.39 is 0 Å². The Bertz CT molecular complexity index is 742. The maximum Gasteiger partial charge on any atom is 0.275 e. The highest BCUT2D eigenvalue weighted by molar-refractivity contribution is 6.04. The number of pyridine rings is 1. The lowest BCUT2D eigenvalue weighted by Crippen LogP contribution is -2.23. The Morgan fingerprint density at radius 2 is 2.00 bits per heavy atom. The maximum atomic E-state index is 12.4. The Morgan fingerprint density at radius 3 is 2.73 bits per heavy atom. The highest BCUT2D eigenvalue weighted by atomic mass is 16.5. The van der Waals surface area contributed by atoms with Crippen LogP contribution in [0.1, 0.15) is 54.9 Å². The van der Waals surface area contributed by atoms with Crippen molar-refractivity contribution in [2.24, 2.45) is 5.10 Å². The second kappa shape index (κ2) is 9.13. The lowest BCUT2D eigenvalue weighted by molar-refractivity contribution is 0.0778. The average molecular weight is 351 g/mol. The molecule has 0 saturated carbocycles. The second-order valence-corrected chi connectivity index (χ2v) is 6.40. The van der Waals surface area contributed by atoms with Crippen LogP contribution in [0.25, 0.3) is 0 Å². The summed E-state index contributed by atoms with van der Waals surface area (Å²) in [5.41, 5.74) is 2.52. The summed E-state index contributed by atoms with van der Waals surface area (Å²) in [5.74, 6) is 0.771. The van der Waals surface area contributed by atoms with Crippen LogP contribution >= 0.6 is 0 Å². The summed E-state index contributed by atoms with van der Waals surface area (Å²) in [5, 5.41) is 6.01. The molecule has 2 aromatic rings. The number of benzene rings is 1. The first-order valence-corrected chi connectivity index (χ1v) is 9.30. The van der Waals surface area contributed by atoms with Gasteiger partial charge < -0.3 is 4.74 Å². The lowest BCUT2D eigenvalue weighted by Gasteiger charge is -2.10. The van der Waals surface area contributed by atoms with Crippen LogP contribution in [0, 0.1) is 0 Å². The number of carbonyl (C=O) groups excluding carboxylic acids is 1. The molecule has 1 aliphatic heterocycles. The fraction of sp³-hybridized carbons (Fsp3) is 0.381. The third-order valence-electron chi connectivity index (χ3n) is 4.40. The molecule has 0 N–H and O–H groups in total. The van der Waals surface area contributed by atoms with Crippen LogP contribution in [0.5, 0.6) is 5.75 Å². The number of aromatic nitrogens is 1. The Morgan fingerprint density at radius 1 is 1.15 bits per heavy atom. The van der Waals surface area contributed by atoms with E-state index in [4.69, 9.17) is 4.74 Å². The topological polar surface area (TPSA) is 54.8 Å². The van der Waals surface area contributed by atoms with Crippen molar-refractivity contribution in [3.63, 3.8) is 0 Å². The first-order valence-electron chi connectivity index (χ1n) is 9.30. The Labute approximate surface area is 154 Å². The van der Waals surface area contributed by atoms with Gasteiger partial charge in [-0.1, -0.05) is 26.2 Å². The van der Waals surface area contributed by atoms with E-state index in [1.165, 1.54) is 24.3 Å². The molecule has 1 aliphatic rings. The summed E-state index contributed by atoms with van der Waals surface area (Å²) in [6, 6.07) is 11.5. The van der Waals surface area contributed by atoms with Crippen LogP contribution in [-0.4, -0.2) is 34.8 Å². The van der Waals surface area contributed by atoms with Crippen molar-refractivity contribution in [3.8, 4) is 5.75 Å². The number of hydrogen-bond acceptors (Lipinski definition) is 4. The smallest absolute Gasteiger partial charge is 0.275 e. The van der Waals surface area contributed by atoms with Gasteiger partial charge >= 0.3 is 0 Å². The Hall–Kier alpha value is -2.69. The van der Waals surface area contributed by atoms with Gasteiger partial charge in [-0.15, -0.1) is 0 Å². The average Bonchev–Trinajstić information content (AvgIpc) is 3.18. The van der Waals surface area contributed by atoms with Crippen molar-refractivity contribution in [2.45, 2.75) is 39.0 Å². The molecule has 5 heteroatoms. The minimum atomic E-state index is -0.111. The molecule has 2 heterocycles. The van der Waals surface area contributed by atoms with E-state index >= 15 is 0 Å². The molecular formula is C21H25N3O2. The van der Waals surface area contributed by atoms with Crippen molar-refractivity contribution < 1.29 is 9.53 Å². The van der Waals surface area contributed by atoms with E-state index in [9.17, 15) is 4.79 Å². The molecule has 0 fully saturated rings. The van der Waals surface area contributed by atoms with Gasteiger partial charge in [-0.25, -0.2) is 5.01 Å². The van der Waals surface area contributed by atoms with E-state index in [0.717, 1.165) is 36.5 Å². The second-order valence-electron chi connectivity index (χ2n) is 6.40. The van der Waals surface area contributed by atoms with Crippen LogP contribution in [0.2, 0.25) is 0 Å². The predicted molar refractivity (Wildman–Crippen MR) is 103 cm³/mol. The standard InChI is InChI=1S/C21H25N3O2/c1-2-3-4-5-15-26-19-10-8-17(9-11-19)20-12-14-24(23-20)21(25)18-7-6-13-22-16-18/h6-11,13,16H,2-5,12,14-15H2,1H3. The van der Waals surface area contributed by atoms with E-state index in [1.54, 1.807) is 24.5 Å². The normalized spacial score (nSPS) is 13.6. The number of amides is 1. The molecule has 26 heavy (non-hydrogen) atoms. The molecule has 1 aromatic carbocycles. The van der Waals surface area contributed by atoms with E-state index in [2.05, 4.69) is 17.0 Å². The number of hydrazone groups is 1. The van der Waals surface area contributed by atoms with Crippen molar-refractivity contribution in [1.82, 2.24) is 9.99 Å². The summed E-state index contributed by atoms with van der Waals surface area (Å²) in [6.07, 6.45) is 8.78. The van der Waals surface area contributed by atoms with Crippen LogP contribution < -0.4 is 4.74 Å². The predicted octanol–water partition coefficient (Wildman–Crippen LogP) is 4.29. The third-order valence-corrected chi connectivity index (χ3v) is 4.40. The molecule has 1 aromatic heterocycles. The first kappa shape index (κ1) is 18.1. The Balaban J connectivity index is 1.57. The third kappa shape index (κ3) is 4.69. The number of nitrogens with zero attached hydrogens (tertiary/aromatic N) is 3. The summed E-state index contributed by atoms with van der Waals surface area (Å²) < 4.78 is 5.78. The van der Waals surface area contributed by atoms with Crippen molar-refractivity contribution in [2.75, 3.05) is 13.2 Å². The van der Waals surface area contributed by atoms with E-state index in [0.29, 0.717) is 12.1 Å². The van der Waals surface area contributed by atoms with Gasteiger partial charge in [0.05, 0.1) is 24.4 Å². The maximum absolute atomic E-state index is 12.4. The minimum Gasteiger partial charge on any atom is -0.494 e. The minimum absolute atomic E-state index is 0.111. The first-order chi connectivity index (χ1) is 12.8. The number of carbonyl (C=O) groups is 1. The molecule has 1 amide bonds. The van der Waals surface area contributed by atoms with Crippen LogP contribution in [0.15, 0.2) is 53.9 Å². The highest BCUT2D eigenvalue weighted by Gasteiger charge is 2.22. The summed E-state index contributed by atoms with van der Waals surface area (Å²) in [6.45, 7) is 3.56. The van der Waals surface area contributed by atoms with Crippen molar-refractivity contribution in [1.29, 1.82) is 0 Å². The summed E-state index contributed by atoms with van der Waals surface area (Å²) >= 11 is 0. The van der Waals surface area contributed by atoms with Crippen LogP contribution in [0.3, 0.4) is 0 Å². The van der Waals surface area contributed by atoms with Gasteiger partial charge in [0.25, 0.3) is 5.91 Å². The van der Waals surface area contributed by atoms with Gasteiger partial charge in [0.15, 0.2) is 0 Å². The van der Waals surface area contributed by atoms with Gasteiger partial charge in [-0.3, -0.25) is 9.78 Å². The summed E-state index contributed by atoms with van der Waals surface area (Å²) in [4.78, 5) is 16.4. The molecule has 0 unspecified atom stereocenters. The molecule has 0 saturated heterocycles. The van der Waals surface area contributed by atoms with Crippen molar-refractivity contribution >= 4 is 11.6 Å². The summed E-state index contributed by atoms with van der Waals surface area (Å²) in [7, 11) is 0. The van der Waals surface area contributed by atoms with Gasteiger partial charge in [0, 0.05) is 18.8 Å². The fourth-order valence-electron chi connectivity index (χ4n) is 2.91. The molecule has 0 radical (unpaired) electrons. The number of ether oxygens (including phenoxy) is 1. The molecule has 0 aliphatic carbocycles. The zero-order chi connectivity index (χ0) is 18.2.